The van der Waals surface area contributed by atoms with Gasteiger partial charge in [0.25, 0.3) is 0 Å². The second kappa shape index (κ2) is 6.78. The Balaban J connectivity index is 2.89. The first-order valence-corrected chi connectivity index (χ1v) is 6.39. The van der Waals surface area contributed by atoms with Crippen molar-refractivity contribution in [1.82, 2.24) is 4.90 Å². The third-order valence-corrected chi connectivity index (χ3v) is 2.89. The smallest absolute Gasteiger partial charge is 0.335 e. The molecule has 0 bridgehead atoms. The van der Waals surface area contributed by atoms with Crippen LogP contribution in [0.2, 0.25) is 0 Å². The lowest BCUT2D eigenvalue weighted by Gasteiger charge is -2.21. The Morgan fingerprint density at radius 1 is 1.32 bits per heavy atom. The van der Waals surface area contributed by atoms with Crippen LogP contribution in [-0.2, 0) is 0 Å². The summed E-state index contributed by atoms with van der Waals surface area (Å²) in [4.78, 5) is 24.6. The first-order chi connectivity index (χ1) is 8.99. The molecule has 0 saturated heterocycles. The van der Waals surface area contributed by atoms with E-state index in [1.54, 1.807) is 11.0 Å². The van der Waals surface area contributed by atoms with Gasteiger partial charge in [-0.05, 0) is 38.0 Å². The van der Waals surface area contributed by atoms with Crippen molar-refractivity contribution < 1.29 is 14.7 Å². The average molecular weight is 264 g/mol. The Bertz CT molecular complexity index is 472. The van der Waals surface area contributed by atoms with Gasteiger partial charge in [0, 0.05) is 18.8 Å². The number of carbonyl (C=O) groups excluding carboxylic acids is 1. The third-order valence-electron chi connectivity index (χ3n) is 2.89. The van der Waals surface area contributed by atoms with Crippen molar-refractivity contribution in [3.63, 3.8) is 0 Å². The number of anilines is 1. The molecule has 1 aromatic rings. The zero-order valence-electron chi connectivity index (χ0n) is 11.6. The molecule has 0 unspecified atom stereocenters. The maximum Gasteiger partial charge on any atom is 0.335 e. The summed E-state index contributed by atoms with van der Waals surface area (Å²) in [5.41, 5.74) is 1.55. The van der Waals surface area contributed by atoms with Crippen molar-refractivity contribution in [2.24, 2.45) is 0 Å². The van der Waals surface area contributed by atoms with Crippen LogP contribution in [0.3, 0.4) is 0 Å². The average Bonchev–Trinajstić information content (AvgIpc) is 2.38. The standard InChI is InChI=1S/C14H20N2O3/c1-4-8-16(5-2)14(19)15-12-9-11(13(17)18)7-6-10(12)3/h6-7,9H,4-5,8H2,1-3H3,(H,15,19)(H,17,18). The number of aryl methyl sites for hydroxylation is 1. The number of hydrogen-bond donors (Lipinski definition) is 2. The number of benzene rings is 1. The highest BCUT2D eigenvalue weighted by molar-refractivity contribution is 5.94. The van der Waals surface area contributed by atoms with Gasteiger partial charge in [0.1, 0.15) is 0 Å². The van der Waals surface area contributed by atoms with Gasteiger partial charge in [-0.15, -0.1) is 0 Å². The Hall–Kier alpha value is -2.04. The summed E-state index contributed by atoms with van der Waals surface area (Å²) in [5.74, 6) is -1.00. The van der Waals surface area contributed by atoms with Gasteiger partial charge >= 0.3 is 12.0 Å². The number of rotatable bonds is 5. The Morgan fingerprint density at radius 2 is 2.00 bits per heavy atom. The van der Waals surface area contributed by atoms with Crippen LogP contribution in [0, 0.1) is 6.92 Å². The zero-order chi connectivity index (χ0) is 14.4. The molecular weight excluding hydrogens is 244 g/mol. The molecule has 1 rings (SSSR count). The Labute approximate surface area is 113 Å². The molecule has 0 spiro atoms. The molecular formula is C14H20N2O3. The molecule has 0 heterocycles. The van der Waals surface area contributed by atoms with Gasteiger partial charge in [-0.1, -0.05) is 13.0 Å². The van der Waals surface area contributed by atoms with Crippen molar-refractivity contribution >= 4 is 17.7 Å². The number of aromatic carboxylic acids is 1. The number of carboxylic acid groups (broad SMARTS) is 1. The van der Waals surface area contributed by atoms with Gasteiger partial charge in [0.05, 0.1) is 5.56 Å². The van der Waals surface area contributed by atoms with E-state index in [2.05, 4.69) is 5.32 Å². The number of urea groups is 1. The van der Waals surface area contributed by atoms with Crippen molar-refractivity contribution in [3.05, 3.63) is 29.3 Å². The normalized spacial score (nSPS) is 10.1. The summed E-state index contributed by atoms with van der Waals surface area (Å²) in [6.07, 6.45) is 0.884. The summed E-state index contributed by atoms with van der Waals surface area (Å²) >= 11 is 0. The summed E-state index contributed by atoms with van der Waals surface area (Å²) in [6.45, 7) is 7.05. The molecule has 2 amide bonds. The maximum absolute atomic E-state index is 12.0. The molecule has 0 aliphatic heterocycles. The predicted molar refractivity (Wildman–Crippen MR) is 74.7 cm³/mol. The highest BCUT2D eigenvalue weighted by Crippen LogP contribution is 2.17. The molecule has 0 saturated carbocycles. The number of nitrogens with one attached hydrogen (secondary N) is 1. The molecule has 0 aromatic heterocycles. The van der Waals surface area contributed by atoms with E-state index in [0.717, 1.165) is 12.0 Å². The first-order valence-electron chi connectivity index (χ1n) is 6.39. The van der Waals surface area contributed by atoms with Crippen LogP contribution in [-0.4, -0.2) is 35.1 Å². The van der Waals surface area contributed by atoms with Crippen LogP contribution in [0.4, 0.5) is 10.5 Å². The van der Waals surface area contributed by atoms with Gasteiger partial charge in [-0.2, -0.15) is 0 Å². The van der Waals surface area contributed by atoms with Gasteiger partial charge < -0.3 is 15.3 Å². The highest BCUT2D eigenvalue weighted by atomic mass is 16.4. The van der Waals surface area contributed by atoms with E-state index < -0.39 is 5.97 Å². The Morgan fingerprint density at radius 3 is 2.53 bits per heavy atom. The number of amides is 2. The van der Waals surface area contributed by atoms with E-state index in [1.807, 2.05) is 20.8 Å². The second-order valence-electron chi connectivity index (χ2n) is 4.34. The minimum absolute atomic E-state index is 0.166. The largest absolute Gasteiger partial charge is 0.478 e. The van der Waals surface area contributed by atoms with E-state index in [1.165, 1.54) is 12.1 Å². The number of carboxylic acids is 1. The van der Waals surface area contributed by atoms with E-state index in [0.29, 0.717) is 18.8 Å². The molecule has 0 aliphatic carbocycles. The van der Waals surface area contributed by atoms with Crippen LogP contribution in [0.1, 0.15) is 36.2 Å². The molecule has 19 heavy (non-hydrogen) atoms. The van der Waals surface area contributed by atoms with Crippen molar-refractivity contribution in [1.29, 1.82) is 0 Å². The van der Waals surface area contributed by atoms with E-state index in [-0.39, 0.29) is 11.6 Å². The van der Waals surface area contributed by atoms with Crippen molar-refractivity contribution in [3.8, 4) is 0 Å². The molecule has 104 valence electrons. The summed E-state index contributed by atoms with van der Waals surface area (Å²) in [6, 6.07) is 4.50. The van der Waals surface area contributed by atoms with E-state index in [4.69, 9.17) is 5.11 Å². The van der Waals surface area contributed by atoms with E-state index in [9.17, 15) is 9.59 Å². The van der Waals surface area contributed by atoms with Gasteiger partial charge in [0.15, 0.2) is 0 Å². The molecule has 5 nitrogen and oxygen atoms in total. The molecule has 5 heteroatoms. The second-order valence-corrected chi connectivity index (χ2v) is 4.34. The number of nitrogens with zero attached hydrogens (tertiary/aromatic N) is 1. The SMILES string of the molecule is CCCN(CC)C(=O)Nc1cc(C(=O)O)ccc1C. The third kappa shape index (κ3) is 3.98. The molecule has 0 fully saturated rings. The van der Waals surface area contributed by atoms with Crippen molar-refractivity contribution in [2.45, 2.75) is 27.2 Å². The lowest BCUT2D eigenvalue weighted by molar-refractivity contribution is 0.0697. The topological polar surface area (TPSA) is 69.6 Å². The fourth-order valence-electron chi connectivity index (χ4n) is 1.76. The van der Waals surface area contributed by atoms with Crippen LogP contribution in [0.15, 0.2) is 18.2 Å². The summed E-state index contributed by atoms with van der Waals surface area (Å²) in [7, 11) is 0. The predicted octanol–water partition coefficient (Wildman–Crippen LogP) is 2.96. The number of carbonyl (C=O) groups is 2. The van der Waals surface area contributed by atoms with Crippen LogP contribution >= 0.6 is 0 Å². The van der Waals surface area contributed by atoms with E-state index >= 15 is 0 Å². The molecule has 0 atom stereocenters. The van der Waals surface area contributed by atoms with Gasteiger partial charge in [0.2, 0.25) is 0 Å². The van der Waals surface area contributed by atoms with Crippen molar-refractivity contribution in [2.75, 3.05) is 18.4 Å². The minimum atomic E-state index is -1.00. The Kier molecular flexibility index (Phi) is 5.36. The van der Waals surface area contributed by atoms with Gasteiger partial charge in [-0.25, -0.2) is 9.59 Å². The zero-order valence-corrected chi connectivity index (χ0v) is 11.6. The summed E-state index contributed by atoms with van der Waals surface area (Å²) < 4.78 is 0. The summed E-state index contributed by atoms with van der Waals surface area (Å²) in [5, 5.41) is 11.7. The maximum atomic E-state index is 12.0. The van der Waals surface area contributed by atoms with Crippen LogP contribution in [0.5, 0.6) is 0 Å². The van der Waals surface area contributed by atoms with Gasteiger partial charge in [-0.3, -0.25) is 0 Å². The fourth-order valence-corrected chi connectivity index (χ4v) is 1.76. The molecule has 1 aromatic carbocycles. The lowest BCUT2D eigenvalue weighted by Crippen LogP contribution is -2.35. The molecule has 0 radical (unpaired) electrons. The minimum Gasteiger partial charge on any atom is -0.478 e. The number of hydrogen-bond acceptors (Lipinski definition) is 2. The monoisotopic (exact) mass is 264 g/mol. The first kappa shape index (κ1) is 15.0. The van der Waals surface area contributed by atoms with Crippen LogP contribution < -0.4 is 5.32 Å². The van der Waals surface area contributed by atoms with Crippen LogP contribution in [0.25, 0.3) is 0 Å². The quantitative estimate of drug-likeness (QED) is 0.859. The molecule has 2 N–H and O–H groups in total. The molecule has 0 aliphatic rings. The fraction of sp³-hybridized carbons (Fsp3) is 0.429. The lowest BCUT2D eigenvalue weighted by atomic mass is 10.1. The highest BCUT2D eigenvalue weighted by Gasteiger charge is 2.13.